The first-order chi connectivity index (χ1) is 15.8. The van der Waals surface area contributed by atoms with Gasteiger partial charge in [0, 0.05) is 29.7 Å². The van der Waals surface area contributed by atoms with Gasteiger partial charge in [-0.25, -0.2) is 0 Å². The molecule has 3 heterocycles. The molecule has 0 bridgehead atoms. The molecule has 176 valence electrons. The Morgan fingerprint density at radius 1 is 1.27 bits per heavy atom. The van der Waals surface area contributed by atoms with E-state index in [1.165, 1.54) is 21.2 Å². The summed E-state index contributed by atoms with van der Waals surface area (Å²) in [7, 11) is 1.69. The third kappa shape index (κ3) is 4.48. The quantitative estimate of drug-likeness (QED) is 0.354. The minimum Gasteiger partial charge on any atom is -0.358 e. The van der Waals surface area contributed by atoms with Gasteiger partial charge in [0.25, 0.3) is 0 Å². The predicted molar refractivity (Wildman–Crippen MR) is 133 cm³/mol. The van der Waals surface area contributed by atoms with Crippen LogP contribution in [0.15, 0.2) is 35.6 Å². The normalized spacial score (nSPS) is 16.1. The second kappa shape index (κ2) is 9.31. The summed E-state index contributed by atoms with van der Waals surface area (Å²) in [6.07, 6.45) is 4.01. The van der Waals surface area contributed by atoms with Crippen molar-refractivity contribution in [1.29, 1.82) is 0 Å². The number of carbonyl (C=O) groups is 1. The third-order valence-corrected chi connectivity index (χ3v) is 6.85. The first-order valence-corrected chi connectivity index (χ1v) is 11.6. The number of nitrogens with two attached hydrogens (primary N) is 2. The molecule has 1 fully saturated rings. The Morgan fingerprint density at radius 2 is 2.00 bits per heavy atom. The Labute approximate surface area is 194 Å². The lowest BCUT2D eigenvalue weighted by molar-refractivity contribution is -0.122. The average molecular weight is 450 g/mol. The molecule has 2 aromatic heterocycles. The zero-order chi connectivity index (χ0) is 23.7. The number of nitrogens with one attached hydrogen (secondary N) is 2. The molecule has 0 aliphatic carbocycles. The third-order valence-electron chi connectivity index (χ3n) is 6.85. The molecule has 4 rings (SSSR count). The monoisotopic (exact) mass is 449 g/mol. The molecule has 1 aliphatic rings. The van der Waals surface area contributed by atoms with Crippen LogP contribution in [0.25, 0.3) is 22.2 Å². The van der Waals surface area contributed by atoms with Gasteiger partial charge in [0.15, 0.2) is 5.49 Å². The maximum absolute atomic E-state index is 11.7. The highest BCUT2D eigenvalue weighted by Gasteiger charge is 2.24. The summed E-state index contributed by atoms with van der Waals surface area (Å²) in [4.78, 5) is 17.6. The number of piperidine rings is 1. The molecule has 8 nitrogen and oxygen atoms in total. The lowest BCUT2D eigenvalue weighted by atomic mass is 9.87. The first kappa shape index (κ1) is 22.9. The van der Waals surface area contributed by atoms with E-state index < -0.39 is 0 Å². The molecule has 0 spiro atoms. The van der Waals surface area contributed by atoms with E-state index in [0.29, 0.717) is 23.9 Å². The maximum Gasteiger partial charge on any atom is 0.233 e. The van der Waals surface area contributed by atoms with Crippen molar-refractivity contribution >= 4 is 16.8 Å². The lowest BCUT2D eigenvalue weighted by Gasteiger charge is -2.31. The van der Waals surface area contributed by atoms with Gasteiger partial charge in [-0.1, -0.05) is 19.9 Å². The minimum absolute atomic E-state index is 0.0820. The molecule has 0 unspecified atom stereocenters. The Kier molecular flexibility index (Phi) is 6.47. The number of aryl methyl sites for hydroxylation is 1. The van der Waals surface area contributed by atoms with Gasteiger partial charge in [-0.3, -0.25) is 14.4 Å². The fourth-order valence-electron chi connectivity index (χ4n) is 5.02. The SMILES string of the molecule is CNC(=O)CN1CCC(c2ccc3[nH]c(-c4cn(N)/c(=N\N)cc4C)c(C(C)C)c3c2)CC1. The van der Waals surface area contributed by atoms with Crippen LogP contribution < -0.4 is 22.5 Å². The van der Waals surface area contributed by atoms with Crippen molar-refractivity contribution in [2.75, 3.05) is 32.5 Å². The fraction of sp³-hybridized carbons (Fsp3) is 0.440. The van der Waals surface area contributed by atoms with E-state index in [1.54, 1.807) is 7.05 Å². The number of amides is 1. The van der Waals surface area contributed by atoms with Crippen LogP contribution in [0.3, 0.4) is 0 Å². The van der Waals surface area contributed by atoms with Crippen molar-refractivity contribution in [2.24, 2.45) is 10.9 Å². The van der Waals surface area contributed by atoms with Gasteiger partial charge in [0.05, 0.1) is 12.2 Å². The molecule has 1 aromatic carbocycles. The molecule has 1 saturated heterocycles. The van der Waals surface area contributed by atoms with Crippen LogP contribution in [0.5, 0.6) is 0 Å². The highest BCUT2D eigenvalue weighted by molar-refractivity contribution is 5.92. The van der Waals surface area contributed by atoms with Gasteiger partial charge in [-0.15, -0.1) is 0 Å². The highest BCUT2D eigenvalue weighted by Crippen LogP contribution is 2.38. The van der Waals surface area contributed by atoms with E-state index in [-0.39, 0.29) is 5.91 Å². The average Bonchev–Trinajstić information content (AvgIpc) is 3.19. The zero-order valence-electron chi connectivity index (χ0n) is 20.0. The van der Waals surface area contributed by atoms with Gasteiger partial charge in [-0.05, 0) is 79.6 Å². The summed E-state index contributed by atoms with van der Waals surface area (Å²) in [5.41, 5.74) is 7.54. The summed E-state index contributed by atoms with van der Waals surface area (Å²) >= 11 is 0. The number of hydrogen-bond donors (Lipinski definition) is 4. The van der Waals surface area contributed by atoms with Crippen molar-refractivity contribution in [3.8, 4) is 11.3 Å². The smallest absolute Gasteiger partial charge is 0.233 e. The predicted octanol–water partition coefficient (Wildman–Crippen LogP) is 2.48. The highest BCUT2D eigenvalue weighted by atomic mass is 16.1. The Morgan fingerprint density at radius 3 is 2.64 bits per heavy atom. The molecular weight excluding hydrogens is 414 g/mol. The second-order valence-electron chi connectivity index (χ2n) is 9.36. The molecule has 6 N–H and O–H groups in total. The molecule has 8 heteroatoms. The molecule has 1 aliphatic heterocycles. The second-order valence-corrected chi connectivity index (χ2v) is 9.36. The molecule has 0 saturated carbocycles. The molecule has 3 aromatic rings. The van der Waals surface area contributed by atoms with Crippen LogP contribution in [0.4, 0.5) is 0 Å². The van der Waals surface area contributed by atoms with E-state index in [4.69, 9.17) is 11.7 Å². The number of likely N-dealkylation sites (tertiary alicyclic amines) is 1. The van der Waals surface area contributed by atoms with Crippen LogP contribution >= 0.6 is 0 Å². The Balaban J connectivity index is 1.69. The van der Waals surface area contributed by atoms with E-state index in [2.05, 4.69) is 59.3 Å². The number of nitrogens with zero attached hydrogens (tertiary/aromatic N) is 3. The fourth-order valence-corrected chi connectivity index (χ4v) is 5.02. The standard InChI is InChI=1S/C25H35N7O/c1-15(2)24-19-12-18(17-7-9-31(10-8-17)14-23(33)28-4)5-6-21(19)29-25(24)20-13-32(27)22(30-26)11-16(20)3/h5-6,11-13,15,17,29H,7-10,14,26-27H2,1-4H3,(H,28,33)/b30-22-. The summed E-state index contributed by atoms with van der Waals surface area (Å²) in [6.45, 7) is 8.88. The Hall–Kier alpha value is -3.26. The topological polar surface area (TPSA) is 117 Å². The number of pyridine rings is 1. The van der Waals surface area contributed by atoms with Gasteiger partial charge in [0.2, 0.25) is 5.91 Å². The van der Waals surface area contributed by atoms with Crippen LogP contribution in [-0.2, 0) is 4.79 Å². The summed E-state index contributed by atoms with van der Waals surface area (Å²) in [6, 6.07) is 8.71. The van der Waals surface area contributed by atoms with Crippen molar-refractivity contribution < 1.29 is 4.79 Å². The molecule has 33 heavy (non-hydrogen) atoms. The summed E-state index contributed by atoms with van der Waals surface area (Å²) in [5, 5.41) is 7.74. The number of likely N-dealkylation sites (N-methyl/N-ethyl adjacent to an activating group) is 1. The van der Waals surface area contributed by atoms with Gasteiger partial charge in [-0.2, -0.15) is 5.10 Å². The number of aromatic amines is 1. The lowest BCUT2D eigenvalue weighted by Crippen LogP contribution is -2.40. The molecule has 0 radical (unpaired) electrons. The zero-order valence-corrected chi connectivity index (χ0v) is 20.0. The van der Waals surface area contributed by atoms with E-state index in [9.17, 15) is 4.79 Å². The number of rotatable bonds is 5. The van der Waals surface area contributed by atoms with Crippen molar-refractivity contribution in [2.45, 2.75) is 45.4 Å². The Bertz CT molecular complexity index is 1230. The van der Waals surface area contributed by atoms with Crippen LogP contribution in [-0.4, -0.2) is 47.1 Å². The number of carbonyl (C=O) groups excluding carboxylic acids is 1. The number of benzene rings is 1. The van der Waals surface area contributed by atoms with Crippen LogP contribution in [0.1, 0.15) is 55.2 Å². The summed E-state index contributed by atoms with van der Waals surface area (Å²) < 4.78 is 1.47. The first-order valence-electron chi connectivity index (χ1n) is 11.6. The molecule has 0 atom stereocenters. The van der Waals surface area contributed by atoms with Crippen molar-refractivity contribution in [3.63, 3.8) is 0 Å². The van der Waals surface area contributed by atoms with E-state index >= 15 is 0 Å². The van der Waals surface area contributed by atoms with Gasteiger partial charge in [0.1, 0.15) is 0 Å². The van der Waals surface area contributed by atoms with Crippen molar-refractivity contribution in [1.82, 2.24) is 19.9 Å². The number of nitrogen functional groups attached to an aromatic ring is 1. The largest absolute Gasteiger partial charge is 0.358 e. The number of fused-ring (bicyclic) bond motifs is 1. The van der Waals surface area contributed by atoms with Crippen molar-refractivity contribution in [3.05, 3.63) is 52.6 Å². The van der Waals surface area contributed by atoms with Gasteiger partial charge < -0.3 is 22.0 Å². The van der Waals surface area contributed by atoms with Crippen LogP contribution in [0, 0.1) is 6.92 Å². The maximum atomic E-state index is 11.7. The van der Waals surface area contributed by atoms with E-state index in [0.717, 1.165) is 48.3 Å². The number of H-pyrrole nitrogens is 1. The van der Waals surface area contributed by atoms with Gasteiger partial charge >= 0.3 is 0 Å². The molecular formula is C25H35N7O. The summed E-state index contributed by atoms with van der Waals surface area (Å²) in [5.74, 6) is 12.5. The minimum atomic E-state index is 0.0820. The van der Waals surface area contributed by atoms with E-state index in [1.807, 2.05) is 12.3 Å². The number of hydrogen-bond acceptors (Lipinski definition) is 5. The number of aromatic nitrogens is 2. The molecule has 1 amide bonds. The van der Waals surface area contributed by atoms with Crippen LogP contribution in [0.2, 0.25) is 0 Å².